The average Bonchev–Trinajstić information content (AvgIpc) is 3.25. The van der Waals surface area contributed by atoms with Crippen LogP contribution < -0.4 is 10.9 Å². The van der Waals surface area contributed by atoms with Crippen molar-refractivity contribution in [1.82, 2.24) is 25.0 Å². The molecule has 0 radical (unpaired) electrons. The van der Waals surface area contributed by atoms with E-state index in [1.807, 2.05) is 18.2 Å². The van der Waals surface area contributed by atoms with Gasteiger partial charge in [0.2, 0.25) is 11.7 Å². The number of aromatic hydroxyl groups is 1. The van der Waals surface area contributed by atoms with E-state index in [1.165, 1.54) is 18.3 Å². The van der Waals surface area contributed by atoms with E-state index in [0.29, 0.717) is 11.4 Å². The third-order valence-corrected chi connectivity index (χ3v) is 4.41. The summed E-state index contributed by atoms with van der Waals surface area (Å²) in [6.45, 7) is -0.932. The molecule has 0 atom stereocenters. The molecule has 11 heteroatoms. The molecule has 4 aromatic rings. The van der Waals surface area contributed by atoms with E-state index in [2.05, 4.69) is 20.4 Å². The molecule has 1 amide bonds. The number of carboxylic acids is 1. The molecule has 0 saturated carbocycles. The van der Waals surface area contributed by atoms with Gasteiger partial charge < -0.3 is 20.1 Å². The van der Waals surface area contributed by atoms with Gasteiger partial charge in [0.25, 0.3) is 11.5 Å². The van der Waals surface area contributed by atoms with Gasteiger partial charge in [-0.2, -0.15) is 4.98 Å². The smallest absolute Gasteiger partial charge is 0.322 e. The predicted octanol–water partition coefficient (Wildman–Crippen LogP) is 1.01. The van der Waals surface area contributed by atoms with Gasteiger partial charge in [-0.15, -0.1) is 0 Å². The normalized spacial score (nSPS) is 10.8. The molecule has 0 aliphatic rings. The highest BCUT2D eigenvalue weighted by atomic mass is 16.5. The van der Waals surface area contributed by atoms with E-state index >= 15 is 0 Å². The van der Waals surface area contributed by atoms with Crippen LogP contribution in [-0.2, 0) is 11.3 Å². The van der Waals surface area contributed by atoms with Crippen molar-refractivity contribution in [2.45, 2.75) is 6.54 Å². The maximum absolute atomic E-state index is 13.0. The number of nitrogens with one attached hydrogen (secondary N) is 1. The van der Waals surface area contributed by atoms with Gasteiger partial charge in [0, 0.05) is 11.8 Å². The van der Waals surface area contributed by atoms with Crippen LogP contribution in [0.4, 0.5) is 0 Å². The van der Waals surface area contributed by atoms with Crippen LogP contribution in [0.25, 0.3) is 22.4 Å². The number of aromatic nitrogens is 4. The molecule has 0 aliphatic carbocycles. The van der Waals surface area contributed by atoms with Crippen LogP contribution >= 0.6 is 0 Å². The molecule has 0 unspecified atom stereocenters. The summed E-state index contributed by atoms with van der Waals surface area (Å²) in [6.07, 6.45) is 1.42. The van der Waals surface area contributed by atoms with Crippen molar-refractivity contribution in [2.24, 2.45) is 0 Å². The first kappa shape index (κ1) is 19.8. The number of carboxylic acid groups (broad SMARTS) is 1. The lowest BCUT2D eigenvalue weighted by Crippen LogP contribution is -2.36. The van der Waals surface area contributed by atoms with E-state index in [4.69, 9.17) is 9.63 Å². The molecule has 31 heavy (non-hydrogen) atoms. The summed E-state index contributed by atoms with van der Waals surface area (Å²) >= 11 is 0. The summed E-state index contributed by atoms with van der Waals surface area (Å²) in [5.74, 6) is -2.52. The summed E-state index contributed by atoms with van der Waals surface area (Å²) in [5, 5.41) is 25.4. The number of carbonyl (C=O) groups excluding carboxylic acids is 1. The fraction of sp³-hybridized carbons (Fsp3) is 0.100. The van der Waals surface area contributed by atoms with Crippen LogP contribution in [0.3, 0.4) is 0 Å². The summed E-state index contributed by atoms with van der Waals surface area (Å²) in [6, 6.07) is 12.1. The first-order valence-corrected chi connectivity index (χ1v) is 9.04. The molecule has 0 fully saturated rings. The minimum Gasteiger partial charge on any atom is -0.506 e. The van der Waals surface area contributed by atoms with Gasteiger partial charge in [-0.3, -0.25) is 19.0 Å². The van der Waals surface area contributed by atoms with Gasteiger partial charge in [0.05, 0.1) is 5.39 Å². The number of rotatable bonds is 6. The molecule has 156 valence electrons. The number of fused-ring (bicyclic) bond motifs is 1. The van der Waals surface area contributed by atoms with Crippen molar-refractivity contribution >= 4 is 22.9 Å². The number of hydrogen-bond acceptors (Lipinski definition) is 8. The quantitative estimate of drug-likeness (QED) is 0.413. The van der Waals surface area contributed by atoms with Crippen molar-refractivity contribution in [3.05, 3.63) is 70.5 Å². The van der Waals surface area contributed by atoms with Crippen LogP contribution in [0.5, 0.6) is 5.75 Å². The first-order valence-electron chi connectivity index (χ1n) is 9.04. The van der Waals surface area contributed by atoms with Crippen molar-refractivity contribution in [3.8, 4) is 17.1 Å². The Labute approximate surface area is 173 Å². The molecule has 1 aromatic carbocycles. The zero-order valence-electron chi connectivity index (χ0n) is 15.8. The SMILES string of the molecule is O=C(O)CNC(=O)c1c(O)c2cccnc2n(Cc2nc(-c3ccccc3)no2)c1=O. The number of nitrogens with zero attached hydrogens (tertiary/aromatic N) is 4. The van der Waals surface area contributed by atoms with E-state index < -0.39 is 35.3 Å². The Bertz CT molecular complexity index is 1350. The van der Waals surface area contributed by atoms with Gasteiger partial charge in [0.15, 0.2) is 0 Å². The number of benzene rings is 1. The molecule has 0 bridgehead atoms. The minimum absolute atomic E-state index is 0.0792. The van der Waals surface area contributed by atoms with E-state index in [-0.39, 0.29) is 23.5 Å². The Morgan fingerprint density at radius 3 is 2.65 bits per heavy atom. The van der Waals surface area contributed by atoms with Gasteiger partial charge in [-0.05, 0) is 12.1 Å². The molecule has 0 spiro atoms. The van der Waals surface area contributed by atoms with Gasteiger partial charge in [-0.25, -0.2) is 4.98 Å². The highest BCUT2D eigenvalue weighted by molar-refractivity contribution is 6.02. The number of aliphatic carboxylic acids is 1. The fourth-order valence-corrected chi connectivity index (χ4v) is 3.02. The van der Waals surface area contributed by atoms with Crippen molar-refractivity contribution in [3.63, 3.8) is 0 Å². The lowest BCUT2D eigenvalue weighted by molar-refractivity contribution is -0.135. The Morgan fingerprint density at radius 1 is 1.13 bits per heavy atom. The molecular weight excluding hydrogens is 406 g/mol. The summed E-state index contributed by atoms with van der Waals surface area (Å²) in [7, 11) is 0. The van der Waals surface area contributed by atoms with Crippen LogP contribution in [0, 0.1) is 0 Å². The zero-order chi connectivity index (χ0) is 22.0. The van der Waals surface area contributed by atoms with Crippen molar-refractivity contribution in [2.75, 3.05) is 6.54 Å². The topological polar surface area (TPSA) is 160 Å². The van der Waals surface area contributed by atoms with E-state index in [9.17, 15) is 19.5 Å². The Kier molecular flexibility index (Phi) is 5.14. The predicted molar refractivity (Wildman–Crippen MR) is 106 cm³/mol. The van der Waals surface area contributed by atoms with Gasteiger partial charge in [-0.1, -0.05) is 35.5 Å². The van der Waals surface area contributed by atoms with Gasteiger partial charge >= 0.3 is 5.97 Å². The third kappa shape index (κ3) is 3.83. The summed E-state index contributed by atoms with van der Waals surface area (Å²) in [4.78, 5) is 44.6. The zero-order valence-corrected chi connectivity index (χ0v) is 15.8. The van der Waals surface area contributed by atoms with Crippen molar-refractivity contribution < 1.29 is 24.3 Å². The number of carbonyl (C=O) groups is 2. The second kappa shape index (κ2) is 8.06. The average molecular weight is 421 g/mol. The number of pyridine rings is 2. The molecule has 3 N–H and O–H groups in total. The first-order chi connectivity index (χ1) is 15.0. The molecule has 0 aliphatic heterocycles. The molecule has 11 nitrogen and oxygen atoms in total. The Morgan fingerprint density at radius 2 is 1.90 bits per heavy atom. The molecule has 0 saturated heterocycles. The molecule has 3 aromatic heterocycles. The van der Waals surface area contributed by atoms with Crippen LogP contribution in [0.2, 0.25) is 0 Å². The Balaban J connectivity index is 1.79. The fourth-order valence-electron chi connectivity index (χ4n) is 3.02. The Hall–Kier alpha value is -4.54. The molecule has 4 rings (SSSR count). The second-order valence-corrected chi connectivity index (χ2v) is 6.44. The summed E-state index contributed by atoms with van der Waals surface area (Å²) in [5.41, 5.74) is -0.679. The lowest BCUT2D eigenvalue weighted by atomic mass is 10.1. The minimum atomic E-state index is -1.30. The van der Waals surface area contributed by atoms with Crippen LogP contribution in [0.15, 0.2) is 58.0 Å². The molecular formula is C20H15N5O6. The number of hydrogen-bond donors (Lipinski definition) is 3. The van der Waals surface area contributed by atoms with E-state index in [1.54, 1.807) is 12.1 Å². The third-order valence-electron chi connectivity index (χ3n) is 4.41. The highest BCUT2D eigenvalue weighted by Gasteiger charge is 2.24. The second-order valence-electron chi connectivity index (χ2n) is 6.44. The highest BCUT2D eigenvalue weighted by Crippen LogP contribution is 2.25. The lowest BCUT2D eigenvalue weighted by Gasteiger charge is -2.12. The summed E-state index contributed by atoms with van der Waals surface area (Å²) < 4.78 is 6.35. The molecule has 3 heterocycles. The van der Waals surface area contributed by atoms with Crippen LogP contribution in [-0.4, -0.2) is 48.3 Å². The van der Waals surface area contributed by atoms with E-state index in [0.717, 1.165) is 4.57 Å². The van der Waals surface area contributed by atoms with Crippen molar-refractivity contribution in [1.29, 1.82) is 0 Å². The number of amides is 1. The largest absolute Gasteiger partial charge is 0.506 e. The van der Waals surface area contributed by atoms with Gasteiger partial charge in [0.1, 0.15) is 30.0 Å². The maximum Gasteiger partial charge on any atom is 0.322 e. The maximum atomic E-state index is 13.0. The monoisotopic (exact) mass is 421 g/mol. The van der Waals surface area contributed by atoms with Crippen LogP contribution in [0.1, 0.15) is 16.2 Å². The standard InChI is InChI=1S/C20H15N5O6/c26-14(27)9-22-19(29)15-16(28)12-7-4-8-21-18(12)25(20(15)30)10-13-23-17(24-31-13)11-5-2-1-3-6-11/h1-8,28H,9-10H2,(H,22,29)(H,26,27).